The van der Waals surface area contributed by atoms with Crippen LogP contribution < -0.4 is 11.1 Å². The van der Waals surface area contributed by atoms with E-state index in [-0.39, 0.29) is 11.9 Å². The van der Waals surface area contributed by atoms with E-state index in [0.717, 1.165) is 5.56 Å². The molecule has 1 fully saturated rings. The van der Waals surface area contributed by atoms with Crippen molar-refractivity contribution >= 4 is 18.0 Å². The van der Waals surface area contributed by atoms with Crippen molar-refractivity contribution in [3.05, 3.63) is 35.4 Å². The van der Waals surface area contributed by atoms with Crippen LogP contribution in [0.5, 0.6) is 0 Å². The Labute approximate surface area is 128 Å². The SMILES string of the molecule is N=C(N)c1ccc(CNC(=O)N2CCN(C(=O)O)CC2)cc1. The molecule has 22 heavy (non-hydrogen) atoms. The summed E-state index contributed by atoms with van der Waals surface area (Å²) >= 11 is 0. The van der Waals surface area contributed by atoms with Crippen LogP contribution in [-0.2, 0) is 6.54 Å². The van der Waals surface area contributed by atoms with Gasteiger partial charge in [-0.15, -0.1) is 0 Å². The molecule has 0 spiro atoms. The number of nitrogens with one attached hydrogen (secondary N) is 2. The summed E-state index contributed by atoms with van der Waals surface area (Å²) in [7, 11) is 0. The summed E-state index contributed by atoms with van der Waals surface area (Å²) in [5, 5.41) is 19.0. The van der Waals surface area contributed by atoms with E-state index in [1.165, 1.54) is 4.90 Å². The number of rotatable bonds is 3. The Morgan fingerprint density at radius 3 is 2.18 bits per heavy atom. The molecule has 1 saturated heterocycles. The normalized spacial score (nSPS) is 14.5. The van der Waals surface area contributed by atoms with Crippen LogP contribution in [0.1, 0.15) is 11.1 Å². The Morgan fingerprint density at radius 1 is 1.14 bits per heavy atom. The molecule has 8 nitrogen and oxygen atoms in total. The molecule has 0 aromatic heterocycles. The van der Waals surface area contributed by atoms with Crippen LogP contribution in [-0.4, -0.2) is 59.0 Å². The molecule has 1 aliphatic rings. The van der Waals surface area contributed by atoms with E-state index in [1.54, 1.807) is 29.2 Å². The molecule has 1 aromatic carbocycles. The van der Waals surface area contributed by atoms with Crippen molar-refractivity contribution in [1.82, 2.24) is 15.1 Å². The number of hydrogen-bond donors (Lipinski definition) is 4. The van der Waals surface area contributed by atoms with E-state index in [1.807, 2.05) is 0 Å². The van der Waals surface area contributed by atoms with Crippen LogP contribution in [0.25, 0.3) is 0 Å². The number of amidine groups is 1. The number of carboxylic acid groups (broad SMARTS) is 1. The topological polar surface area (TPSA) is 123 Å². The number of amides is 3. The molecule has 118 valence electrons. The van der Waals surface area contributed by atoms with Crippen LogP contribution in [0.2, 0.25) is 0 Å². The standard InChI is InChI=1S/C14H19N5O3/c15-12(16)11-3-1-10(2-4-11)9-17-13(20)18-5-7-19(8-6-18)14(21)22/h1-4H,5-9H2,(H3,15,16)(H,17,20)(H,21,22). The van der Waals surface area contributed by atoms with Gasteiger partial charge in [0.1, 0.15) is 5.84 Å². The number of nitrogen functional groups attached to an aromatic ring is 1. The number of carbonyl (C=O) groups is 2. The first-order valence-corrected chi connectivity index (χ1v) is 6.91. The Morgan fingerprint density at radius 2 is 1.68 bits per heavy atom. The third-order valence-electron chi connectivity index (χ3n) is 3.55. The number of nitrogens with two attached hydrogens (primary N) is 1. The Bertz CT molecular complexity index is 564. The predicted molar refractivity (Wildman–Crippen MR) is 80.9 cm³/mol. The highest BCUT2D eigenvalue weighted by Crippen LogP contribution is 2.05. The molecule has 0 radical (unpaired) electrons. The molecule has 3 amide bonds. The first kappa shape index (κ1) is 15.6. The number of nitrogens with zero attached hydrogens (tertiary/aromatic N) is 2. The van der Waals surface area contributed by atoms with Gasteiger partial charge < -0.3 is 26.0 Å². The lowest BCUT2D eigenvalue weighted by Crippen LogP contribution is -2.52. The first-order valence-electron chi connectivity index (χ1n) is 6.91. The maximum Gasteiger partial charge on any atom is 0.407 e. The number of carbonyl (C=O) groups excluding carboxylic acids is 1. The minimum atomic E-state index is -0.953. The van der Waals surface area contributed by atoms with Gasteiger partial charge >= 0.3 is 12.1 Å². The lowest BCUT2D eigenvalue weighted by atomic mass is 10.1. The van der Waals surface area contributed by atoms with Crippen molar-refractivity contribution in [3.8, 4) is 0 Å². The lowest BCUT2D eigenvalue weighted by molar-refractivity contribution is 0.112. The molecular formula is C14H19N5O3. The Kier molecular flexibility index (Phi) is 4.82. The average molecular weight is 305 g/mol. The first-order chi connectivity index (χ1) is 10.5. The monoisotopic (exact) mass is 305 g/mol. The van der Waals surface area contributed by atoms with Crippen molar-refractivity contribution in [2.24, 2.45) is 5.73 Å². The summed E-state index contributed by atoms with van der Waals surface area (Å²) in [6, 6.07) is 6.87. The second-order valence-corrected chi connectivity index (χ2v) is 5.03. The number of hydrogen-bond acceptors (Lipinski definition) is 3. The molecule has 8 heteroatoms. The highest BCUT2D eigenvalue weighted by molar-refractivity contribution is 5.94. The molecule has 5 N–H and O–H groups in total. The summed E-state index contributed by atoms with van der Waals surface area (Å²) in [4.78, 5) is 25.7. The van der Waals surface area contributed by atoms with E-state index < -0.39 is 6.09 Å². The average Bonchev–Trinajstić information content (AvgIpc) is 2.53. The van der Waals surface area contributed by atoms with Crippen LogP contribution in [0, 0.1) is 5.41 Å². The summed E-state index contributed by atoms with van der Waals surface area (Å²) in [6.07, 6.45) is -0.953. The minimum absolute atomic E-state index is 0.00638. The van der Waals surface area contributed by atoms with Crippen molar-refractivity contribution in [1.29, 1.82) is 5.41 Å². The van der Waals surface area contributed by atoms with Gasteiger partial charge in [-0.05, 0) is 5.56 Å². The largest absolute Gasteiger partial charge is 0.465 e. The van der Waals surface area contributed by atoms with Crippen molar-refractivity contribution < 1.29 is 14.7 Å². The molecule has 0 aliphatic carbocycles. The molecule has 1 heterocycles. The zero-order chi connectivity index (χ0) is 16.1. The zero-order valence-corrected chi connectivity index (χ0v) is 12.1. The summed E-state index contributed by atoms with van der Waals surface area (Å²) in [6.45, 7) is 1.81. The third-order valence-corrected chi connectivity index (χ3v) is 3.55. The Hall–Kier alpha value is -2.77. The minimum Gasteiger partial charge on any atom is -0.465 e. The molecule has 1 aromatic rings. The summed E-state index contributed by atoms with van der Waals surface area (Å²) in [5.41, 5.74) is 6.92. The number of urea groups is 1. The van der Waals surface area contributed by atoms with E-state index in [9.17, 15) is 9.59 Å². The molecule has 0 saturated carbocycles. The Balaban J connectivity index is 1.80. The van der Waals surface area contributed by atoms with Gasteiger partial charge in [-0.1, -0.05) is 24.3 Å². The highest BCUT2D eigenvalue weighted by Gasteiger charge is 2.23. The molecule has 0 bridgehead atoms. The maximum atomic E-state index is 12.0. The second kappa shape index (κ2) is 6.79. The van der Waals surface area contributed by atoms with Crippen molar-refractivity contribution in [3.63, 3.8) is 0 Å². The van der Waals surface area contributed by atoms with Gasteiger partial charge in [0.2, 0.25) is 0 Å². The van der Waals surface area contributed by atoms with E-state index in [4.69, 9.17) is 16.2 Å². The molecule has 2 rings (SSSR count). The fourth-order valence-electron chi connectivity index (χ4n) is 2.19. The number of benzene rings is 1. The lowest BCUT2D eigenvalue weighted by Gasteiger charge is -2.33. The van der Waals surface area contributed by atoms with E-state index >= 15 is 0 Å². The van der Waals surface area contributed by atoms with Crippen LogP contribution in [0.3, 0.4) is 0 Å². The molecule has 1 aliphatic heterocycles. The highest BCUT2D eigenvalue weighted by atomic mass is 16.4. The van der Waals surface area contributed by atoms with Gasteiger partial charge in [0.25, 0.3) is 0 Å². The summed E-state index contributed by atoms with van der Waals surface area (Å²) in [5.74, 6) is 0.00638. The zero-order valence-electron chi connectivity index (χ0n) is 12.1. The fraction of sp³-hybridized carbons (Fsp3) is 0.357. The third kappa shape index (κ3) is 3.87. The van der Waals surface area contributed by atoms with Gasteiger partial charge in [-0.25, -0.2) is 9.59 Å². The number of piperazine rings is 1. The van der Waals surface area contributed by atoms with E-state index in [0.29, 0.717) is 38.3 Å². The van der Waals surface area contributed by atoms with Gasteiger partial charge in [-0.2, -0.15) is 0 Å². The maximum absolute atomic E-state index is 12.0. The summed E-state index contributed by atoms with van der Waals surface area (Å²) < 4.78 is 0. The van der Waals surface area contributed by atoms with Gasteiger partial charge in [-0.3, -0.25) is 5.41 Å². The predicted octanol–water partition coefficient (Wildman–Crippen LogP) is 0.476. The van der Waals surface area contributed by atoms with Gasteiger partial charge in [0.05, 0.1) is 0 Å². The van der Waals surface area contributed by atoms with Crippen LogP contribution in [0.15, 0.2) is 24.3 Å². The fourth-order valence-corrected chi connectivity index (χ4v) is 2.19. The molecule has 0 atom stereocenters. The van der Waals surface area contributed by atoms with Crippen molar-refractivity contribution in [2.45, 2.75) is 6.54 Å². The van der Waals surface area contributed by atoms with Gasteiger partial charge in [0.15, 0.2) is 0 Å². The smallest absolute Gasteiger partial charge is 0.407 e. The second-order valence-electron chi connectivity index (χ2n) is 5.03. The molecular weight excluding hydrogens is 286 g/mol. The van der Waals surface area contributed by atoms with Crippen LogP contribution in [0.4, 0.5) is 9.59 Å². The van der Waals surface area contributed by atoms with Gasteiger partial charge in [0, 0.05) is 38.3 Å². The quantitative estimate of drug-likeness (QED) is 0.479. The van der Waals surface area contributed by atoms with Crippen LogP contribution >= 0.6 is 0 Å². The van der Waals surface area contributed by atoms with E-state index in [2.05, 4.69) is 5.32 Å². The molecule has 0 unspecified atom stereocenters. The van der Waals surface area contributed by atoms with Crippen molar-refractivity contribution in [2.75, 3.05) is 26.2 Å².